The summed E-state index contributed by atoms with van der Waals surface area (Å²) in [4.78, 5) is 2.56. The maximum Gasteiger partial charge on any atom is 0.280 e. The zero-order chi connectivity index (χ0) is 13.0. The topological polar surface area (TPSA) is 49.4 Å². The summed E-state index contributed by atoms with van der Waals surface area (Å²) in [6, 6.07) is 9.24. The van der Waals surface area contributed by atoms with Crippen molar-refractivity contribution in [1.82, 2.24) is 9.03 Å². The van der Waals surface area contributed by atoms with Gasteiger partial charge < -0.3 is 0 Å². The van der Waals surface area contributed by atoms with Crippen molar-refractivity contribution in [3.05, 3.63) is 35.9 Å². The van der Waals surface area contributed by atoms with Crippen LogP contribution in [0.15, 0.2) is 30.3 Å². The van der Waals surface area contributed by atoms with Crippen LogP contribution >= 0.6 is 15.9 Å². The average Bonchev–Trinajstić information content (AvgIpc) is 2.34. The molecule has 0 amide bonds. The van der Waals surface area contributed by atoms with Gasteiger partial charge in [-0.25, -0.2) is 0 Å². The summed E-state index contributed by atoms with van der Waals surface area (Å²) in [5.41, 5.74) is 0.980. The van der Waals surface area contributed by atoms with E-state index in [-0.39, 0.29) is 6.04 Å². The van der Waals surface area contributed by atoms with E-state index >= 15 is 0 Å². The van der Waals surface area contributed by atoms with Crippen molar-refractivity contribution < 1.29 is 8.42 Å². The zero-order valence-electron chi connectivity index (χ0n) is 9.64. The number of hydrogen-bond donors (Lipinski definition) is 1. The van der Waals surface area contributed by atoms with Gasteiger partial charge in [-0.05, 0) is 16.8 Å². The monoisotopic (exact) mass is 328 g/mol. The lowest BCUT2D eigenvalue weighted by Crippen LogP contribution is -2.51. The molecule has 1 aromatic carbocycles. The fourth-order valence-corrected chi connectivity index (χ4v) is 3.45. The van der Waals surface area contributed by atoms with Crippen LogP contribution in [0.25, 0.3) is 0 Å². The fourth-order valence-electron chi connectivity index (χ4n) is 1.83. The van der Waals surface area contributed by atoms with E-state index in [9.17, 15) is 8.42 Å². The molecule has 1 aromatic rings. The van der Waals surface area contributed by atoms with Gasteiger partial charge >= 0.3 is 0 Å². The minimum atomic E-state index is -3.43. The predicted molar refractivity (Wildman–Crippen MR) is 74.0 cm³/mol. The molecule has 0 saturated carbocycles. The maximum absolute atomic E-state index is 12.0. The Labute approximate surface area is 116 Å². The van der Waals surface area contributed by atoms with Crippen LogP contribution in [0, 0.1) is 10.8 Å². The van der Waals surface area contributed by atoms with Crippen molar-refractivity contribution in [3.8, 4) is 10.8 Å². The van der Waals surface area contributed by atoms with Crippen molar-refractivity contribution in [2.45, 2.75) is 19.0 Å². The summed E-state index contributed by atoms with van der Waals surface area (Å²) in [6.07, 6.45) is 0.685. The Morgan fingerprint density at radius 2 is 2.11 bits per heavy atom. The standard InChI is InChI=1S/C12H13BrN2O2S/c13-8-6-12-7-9-15(18(16,17)14-12)10-11-4-2-1-3-5-11/h1-5,12,14H,7,9-10H2/t12-/m0/s1. The average molecular weight is 329 g/mol. The van der Waals surface area contributed by atoms with Gasteiger partial charge in [-0.2, -0.15) is 17.4 Å². The highest BCUT2D eigenvalue weighted by molar-refractivity contribution is 9.12. The van der Waals surface area contributed by atoms with Gasteiger partial charge in [0.05, 0.1) is 6.04 Å². The van der Waals surface area contributed by atoms with Gasteiger partial charge in [0, 0.05) is 29.0 Å². The van der Waals surface area contributed by atoms with Crippen LogP contribution in [0.2, 0.25) is 0 Å². The van der Waals surface area contributed by atoms with E-state index in [0.717, 1.165) is 5.56 Å². The third-order valence-electron chi connectivity index (χ3n) is 2.73. The van der Waals surface area contributed by atoms with Crippen molar-refractivity contribution >= 4 is 26.1 Å². The summed E-state index contributed by atoms with van der Waals surface area (Å²) >= 11 is 2.98. The van der Waals surface area contributed by atoms with E-state index < -0.39 is 10.2 Å². The number of nitrogens with one attached hydrogen (secondary N) is 1. The Morgan fingerprint density at radius 1 is 1.39 bits per heavy atom. The second-order valence-corrected chi connectivity index (χ2v) is 6.12. The summed E-state index contributed by atoms with van der Waals surface area (Å²) in [5, 5.41) is 0. The highest BCUT2D eigenvalue weighted by Gasteiger charge is 2.30. The Kier molecular flexibility index (Phi) is 4.40. The summed E-state index contributed by atoms with van der Waals surface area (Å²) < 4.78 is 28.0. The first-order chi connectivity index (χ1) is 8.62. The van der Waals surface area contributed by atoms with E-state index in [1.54, 1.807) is 0 Å². The summed E-state index contributed by atoms with van der Waals surface area (Å²) in [7, 11) is -3.43. The van der Waals surface area contributed by atoms with Crippen LogP contribution < -0.4 is 4.72 Å². The van der Waals surface area contributed by atoms with Crippen LogP contribution in [0.1, 0.15) is 12.0 Å². The maximum atomic E-state index is 12.0. The molecular weight excluding hydrogens is 316 g/mol. The van der Waals surface area contributed by atoms with Crippen LogP contribution in [0.3, 0.4) is 0 Å². The lowest BCUT2D eigenvalue weighted by molar-refractivity contribution is 0.354. The lowest BCUT2D eigenvalue weighted by atomic mass is 10.2. The Balaban J connectivity index is 2.09. The molecule has 1 aliphatic rings. The van der Waals surface area contributed by atoms with Gasteiger partial charge in [-0.1, -0.05) is 36.3 Å². The molecule has 1 aliphatic heterocycles. The second-order valence-electron chi connectivity index (χ2n) is 4.02. The lowest BCUT2D eigenvalue weighted by Gasteiger charge is -2.30. The second kappa shape index (κ2) is 5.85. The molecule has 0 unspecified atom stereocenters. The largest absolute Gasteiger partial charge is 0.280 e. The van der Waals surface area contributed by atoms with Gasteiger partial charge in [-0.3, -0.25) is 0 Å². The predicted octanol–water partition coefficient (Wildman–Crippen LogP) is 1.45. The summed E-state index contributed by atoms with van der Waals surface area (Å²) in [5.74, 6) is 2.77. The molecule has 1 fully saturated rings. The van der Waals surface area contributed by atoms with Gasteiger partial charge in [0.2, 0.25) is 0 Å². The molecule has 0 aromatic heterocycles. The van der Waals surface area contributed by atoms with Crippen LogP contribution in [0.4, 0.5) is 0 Å². The van der Waals surface area contributed by atoms with Crippen LogP contribution in [0.5, 0.6) is 0 Å². The number of benzene rings is 1. The molecule has 96 valence electrons. The van der Waals surface area contributed by atoms with Crippen molar-refractivity contribution in [2.75, 3.05) is 6.54 Å². The van der Waals surface area contributed by atoms with Gasteiger partial charge in [0.15, 0.2) is 0 Å². The molecule has 1 atom stereocenters. The molecule has 0 bridgehead atoms. The molecule has 2 rings (SSSR count). The molecule has 0 spiro atoms. The number of halogens is 1. The molecule has 1 saturated heterocycles. The molecule has 6 heteroatoms. The highest BCUT2D eigenvalue weighted by atomic mass is 79.9. The van der Waals surface area contributed by atoms with E-state index in [1.165, 1.54) is 4.31 Å². The first-order valence-electron chi connectivity index (χ1n) is 5.54. The Morgan fingerprint density at radius 3 is 2.72 bits per heavy atom. The zero-order valence-corrected chi connectivity index (χ0v) is 12.0. The van der Waals surface area contributed by atoms with Gasteiger partial charge in [0.25, 0.3) is 10.2 Å². The summed E-state index contributed by atoms with van der Waals surface area (Å²) in [6.45, 7) is 0.876. The fraction of sp³-hybridized carbons (Fsp3) is 0.333. The van der Waals surface area contributed by atoms with E-state index in [0.29, 0.717) is 19.5 Å². The molecule has 4 nitrogen and oxygen atoms in total. The Hall–Kier alpha value is -0.870. The number of hydrogen-bond acceptors (Lipinski definition) is 2. The smallest absolute Gasteiger partial charge is 0.195 e. The molecule has 18 heavy (non-hydrogen) atoms. The third-order valence-corrected chi connectivity index (χ3v) is 4.53. The van der Waals surface area contributed by atoms with Crippen molar-refractivity contribution in [2.24, 2.45) is 0 Å². The first kappa shape index (κ1) is 13.6. The quantitative estimate of drug-likeness (QED) is 0.835. The first-order valence-corrected chi connectivity index (χ1v) is 7.77. The third kappa shape index (κ3) is 3.33. The minimum absolute atomic E-state index is 0.304. The van der Waals surface area contributed by atoms with E-state index in [4.69, 9.17) is 0 Å². The highest BCUT2D eigenvalue weighted by Crippen LogP contribution is 2.14. The molecule has 1 heterocycles. The molecule has 0 radical (unpaired) electrons. The molecule has 1 N–H and O–H groups in total. The van der Waals surface area contributed by atoms with Gasteiger partial charge in [0.1, 0.15) is 0 Å². The molecule has 0 aliphatic carbocycles. The normalized spacial score (nSPS) is 23.1. The van der Waals surface area contributed by atoms with E-state index in [1.807, 2.05) is 30.3 Å². The van der Waals surface area contributed by atoms with Crippen molar-refractivity contribution in [1.29, 1.82) is 0 Å². The number of nitrogens with zero attached hydrogens (tertiary/aromatic N) is 1. The van der Waals surface area contributed by atoms with Crippen LogP contribution in [-0.2, 0) is 16.8 Å². The minimum Gasteiger partial charge on any atom is -0.195 e. The van der Waals surface area contributed by atoms with Crippen molar-refractivity contribution in [3.63, 3.8) is 0 Å². The molecular formula is C12H13BrN2O2S. The Bertz CT molecular complexity index is 563. The van der Waals surface area contributed by atoms with Crippen LogP contribution in [-0.4, -0.2) is 25.3 Å². The SMILES string of the molecule is O=S1(=O)N[C@@H](C#CBr)CCN1Cc1ccccc1. The van der Waals surface area contributed by atoms with Gasteiger partial charge in [-0.15, -0.1) is 0 Å². The van der Waals surface area contributed by atoms with E-state index in [2.05, 4.69) is 31.4 Å². The number of rotatable bonds is 2.